The zero-order valence-corrected chi connectivity index (χ0v) is 10.9. The largest absolute Gasteiger partial charge is 0.242 e. The highest BCUT2D eigenvalue weighted by Gasteiger charge is 2.35. The molecule has 5 heteroatoms. The first-order valence-corrected chi connectivity index (χ1v) is 6.50. The van der Waals surface area contributed by atoms with Crippen molar-refractivity contribution in [3.63, 3.8) is 0 Å². The van der Waals surface area contributed by atoms with Crippen LogP contribution in [0.5, 0.6) is 0 Å². The van der Waals surface area contributed by atoms with Crippen LogP contribution < -0.4 is 0 Å². The van der Waals surface area contributed by atoms with Crippen LogP contribution in [0.15, 0.2) is 0 Å². The summed E-state index contributed by atoms with van der Waals surface area (Å²) in [5, 5.41) is 10.5. The Balaban J connectivity index is 2.14. The van der Waals surface area contributed by atoms with Gasteiger partial charge in [-0.25, -0.2) is 4.68 Å². The summed E-state index contributed by atoms with van der Waals surface area (Å²) < 4.78 is 2.50. The van der Waals surface area contributed by atoms with Gasteiger partial charge in [-0.3, -0.25) is 0 Å². The highest BCUT2D eigenvalue weighted by atomic mass is 32.1. The van der Waals surface area contributed by atoms with Crippen molar-refractivity contribution in [2.45, 2.75) is 52.5 Å². The first-order valence-electron chi connectivity index (χ1n) is 6.09. The van der Waals surface area contributed by atoms with Crippen molar-refractivity contribution >= 4 is 12.2 Å². The molecule has 0 unspecified atom stereocenters. The summed E-state index contributed by atoms with van der Waals surface area (Å²) in [7, 11) is 0. The molecule has 0 aliphatic heterocycles. The van der Waals surface area contributed by atoms with Gasteiger partial charge in [0.15, 0.2) is 0 Å². The number of aromatic amines is 1. The van der Waals surface area contributed by atoms with Crippen molar-refractivity contribution in [1.29, 1.82) is 0 Å². The van der Waals surface area contributed by atoms with Gasteiger partial charge in [-0.05, 0) is 42.8 Å². The van der Waals surface area contributed by atoms with Gasteiger partial charge in [-0.15, -0.1) is 0 Å². The van der Waals surface area contributed by atoms with Crippen LogP contribution in [0.4, 0.5) is 0 Å². The van der Waals surface area contributed by atoms with Crippen LogP contribution in [0.2, 0.25) is 0 Å². The molecule has 0 spiro atoms. The molecule has 1 aliphatic rings. The molecule has 1 aromatic rings. The molecule has 1 saturated carbocycles. The van der Waals surface area contributed by atoms with Gasteiger partial charge in [-0.2, -0.15) is 5.21 Å². The van der Waals surface area contributed by atoms with Gasteiger partial charge < -0.3 is 0 Å². The Hall–Kier alpha value is -0.710. The lowest BCUT2D eigenvalue weighted by atomic mass is 9.78. The second kappa shape index (κ2) is 4.65. The highest BCUT2D eigenvalue weighted by Crippen LogP contribution is 2.44. The zero-order chi connectivity index (χ0) is 11.6. The van der Waals surface area contributed by atoms with Crippen LogP contribution in [-0.4, -0.2) is 20.2 Å². The Labute approximate surface area is 101 Å². The number of hydrogen-bond acceptors (Lipinski definition) is 3. The van der Waals surface area contributed by atoms with Gasteiger partial charge in [0.1, 0.15) is 0 Å². The van der Waals surface area contributed by atoms with Crippen molar-refractivity contribution < 1.29 is 0 Å². The summed E-state index contributed by atoms with van der Waals surface area (Å²) >= 11 is 5.14. The number of nitrogens with one attached hydrogen (secondary N) is 1. The fourth-order valence-corrected chi connectivity index (χ4v) is 3.22. The number of hydrogen-bond donors (Lipinski definition) is 1. The minimum Gasteiger partial charge on any atom is -0.242 e. The Morgan fingerprint density at radius 3 is 2.62 bits per heavy atom. The van der Waals surface area contributed by atoms with Gasteiger partial charge in [0.2, 0.25) is 4.77 Å². The van der Waals surface area contributed by atoms with Gasteiger partial charge in [0.25, 0.3) is 0 Å². The second-order valence-electron chi connectivity index (χ2n) is 5.47. The summed E-state index contributed by atoms with van der Waals surface area (Å²) in [5.74, 6) is 0.739. The quantitative estimate of drug-likeness (QED) is 0.823. The van der Waals surface area contributed by atoms with Crippen LogP contribution >= 0.6 is 12.2 Å². The molecule has 1 heterocycles. The van der Waals surface area contributed by atoms with Crippen molar-refractivity contribution in [2.75, 3.05) is 0 Å². The fraction of sp³-hybridized carbons (Fsp3) is 0.909. The second-order valence-corrected chi connectivity index (χ2v) is 5.84. The SMILES string of the molecule is CC(C)CC1(Cn2[nH]nnc2=S)CCCC1. The first-order chi connectivity index (χ1) is 7.61. The maximum absolute atomic E-state index is 5.14. The number of aromatic nitrogens is 4. The van der Waals surface area contributed by atoms with Crippen molar-refractivity contribution in [1.82, 2.24) is 20.2 Å². The molecule has 16 heavy (non-hydrogen) atoms. The molecule has 1 N–H and O–H groups in total. The maximum atomic E-state index is 5.14. The normalized spacial score (nSPS) is 19.4. The van der Waals surface area contributed by atoms with E-state index in [0.717, 1.165) is 12.5 Å². The summed E-state index contributed by atoms with van der Waals surface area (Å²) in [6, 6.07) is 0. The monoisotopic (exact) mass is 240 g/mol. The number of H-pyrrole nitrogens is 1. The van der Waals surface area contributed by atoms with Crippen LogP contribution in [-0.2, 0) is 6.54 Å². The molecule has 0 bridgehead atoms. The molecule has 4 nitrogen and oxygen atoms in total. The highest BCUT2D eigenvalue weighted by molar-refractivity contribution is 7.71. The third kappa shape index (κ3) is 2.51. The molecule has 2 rings (SSSR count). The molecule has 90 valence electrons. The van der Waals surface area contributed by atoms with E-state index in [1.807, 2.05) is 4.68 Å². The molecule has 0 aromatic carbocycles. The summed E-state index contributed by atoms with van der Waals surface area (Å²) in [6.07, 6.45) is 6.59. The molecular formula is C11H20N4S. The smallest absolute Gasteiger partial charge is 0.238 e. The molecule has 0 saturated heterocycles. The molecule has 1 fully saturated rings. The molecular weight excluding hydrogens is 220 g/mol. The number of tetrazole rings is 1. The summed E-state index contributed by atoms with van der Waals surface area (Å²) in [5.41, 5.74) is 0.417. The Bertz CT molecular complexity index is 387. The van der Waals surface area contributed by atoms with E-state index in [1.54, 1.807) is 0 Å². The minimum atomic E-state index is 0.417. The lowest BCUT2D eigenvalue weighted by Crippen LogP contribution is -2.26. The van der Waals surface area contributed by atoms with Gasteiger partial charge >= 0.3 is 0 Å². The van der Waals surface area contributed by atoms with Crippen LogP contribution in [0, 0.1) is 16.1 Å². The van der Waals surface area contributed by atoms with E-state index >= 15 is 0 Å². The Morgan fingerprint density at radius 2 is 2.12 bits per heavy atom. The Morgan fingerprint density at radius 1 is 1.44 bits per heavy atom. The van der Waals surface area contributed by atoms with Crippen LogP contribution in [0.25, 0.3) is 0 Å². The van der Waals surface area contributed by atoms with Crippen LogP contribution in [0.1, 0.15) is 46.0 Å². The summed E-state index contributed by atoms with van der Waals surface area (Å²) in [4.78, 5) is 0. The summed E-state index contributed by atoms with van der Waals surface area (Å²) in [6.45, 7) is 5.55. The lowest BCUT2D eigenvalue weighted by Gasteiger charge is -2.30. The van der Waals surface area contributed by atoms with Gasteiger partial charge in [-0.1, -0.05) is 37.0 Å². The van der Waals surface area contributed by atoms with Crippen molar-refractivity contribution in [2.24, 2.45) is 11.3 Å². The standard InChI is InChI=1S/C11H20N4S/c1-9(2)7-11(5-3-4-6-11)8-15-10(16)12-13-14-15/h9H,3-8H2,1-2H3,(H,12,14,16). The van der Waals surface area contributed by atoms with Gasteiger partial charge in [0.05, 0.1) is 0 Å². The predicted octanol–water partition coefficient (Wildman–Crippen LogP) is 2.94. The molecule has 0 amide bonds. The number of rotatable bonds is 4. The maximum Gasteiger partial charge on any atom is 0.238 e. The van der Waals surface area contributed by atoms with E-state index in [-0.39, 0.29) is 0 Å². The van der Waals surface area contributed by atoms with Gasteiger partial charge in [0, 0.05) is 6.54 Å². The topological polar surface area (TPSA) is 46.5 Å². The predicted molar refractivity (Wildman–Crippen MR) is 65.6 cm³/mol. The third-order valence-corrected chi connectivity index (χ3v) is 3.83. The fourth-order valence-electron chi connectivity index (χ4n) is 3.07. The average molecular weight is 240 g/mol. The van der Waals surface area contributed by atoms with Crippen molar-refractivity contribution in [3.8, 4) is 0 Å². The molecule has 0 radical (unpaired) electrons. The third-order valence-electron chi connectivity index (χ3n) is 3.53. The van der Waals surface area contributed by atoms with Crippen molar-refractivity contribution in [3.05, 3.63) is 4.77 Å². The molecule has 1 aliphatic carbocycles. The van der Waals surface area contributed by atoms with E-state index < -0.39 is 0 Å². The first kappa shape index (κ1) is 11.8. The molecule has 0 atom stereocenters. The van der Waals surface area contributed by atoms with Crippen LogP contribution in [0.3, 0.4) is 0 Å². The zero-order valence-electron chi connectivity index (χ0n) is 10.1. The number of nitrogens with zero attached hydrogens (tertiary/aromatic N) is 3. The van der Waals surface area contributed by atoms with E-state index in [9.17, 15) is 0 Å². The van der Waals surface area contributed by atoms with E-state index in [4.69, 9.17) is 12.2 Å². The van der Waals surface area contributed by atoms with E-state index in [2.05, 4.69) is 29.4 Å². The Kier molecular flexibility index (Phi) is 3.42. The average Bonchev–Trinajstić information content (AvgIpc) is 2.77. The molecule has 1 aromatic heterocycles. The van der Waals surface area contributed by atoms with E-state index in [1.165, 1.54) is 32.1 Å². The minimum absolute atomic E-state index is 0.417. The lowest BCUT2D eigenvalue weighted by molar-refractivity contribution is 0.186. The van der Waals surface area contributed by atoms with E-state index in [0.29, 0.717) is 10.2 Å².